The van der Waals surface area contributed by atoms with Gasteiger partial charge in [0.1, 0.15) is 11.5 Å². The molecule has 1 fully saturated rings. The lowest BCUT2D eigenvalue weighted by molar-refractivity contribution is 0.0746. The predicted octanol–water partition coefficient (Wildman–Crippen LogP) is 3.71. The van der Waals surface area contributed by atoms with Gasteiger partial charge in [0.15, 0.2) is 0 Å². The molecule has 138 valence electrons. The molecular weight excluding hydrogens is 352 g/mol. The standard InChI is InChI=1S/C20H23ClN2O3/c1-3-26-18-9-8-15(14-16(18)21)20(24)23-12-10-22(11-13-23)17-6-4-5-7-19(17)25-2/h4-9,14H,3,10-13H2,1-2H3. The summed E-state index contributed by atoms with van der Waals surface area (Å²) in [5, 5.41) is 0.463. The molecule has 0 saturated carbocycles. The Bertz CT molecular complexity index is 773. The van der Waals surface area contributed by atoms with Crippen LogP contribution in [0.1, 0.15) is 17.3 Å². The van der Waals surface area contributed by atoms with Crippen molar-refractivity contribution in [2.24, 2.45) is 0 Å². The molecule has 0 radical (unpaired) electrons. The fraction of sp³-hybridized carbons (Fsp3) is 0.350. The minimum atomic E-state index is -0.00498. The highest BCUT2D eigenvalue weighted by molar-refractivity contribution is 6.32. The third-order valence-corrected chi connectivity index (χ3v) is 4.77. The highest BCUT2D eigenvalue weighted by Crippen LogP contribution is 2.29. The van der Waals surface area contributed by atoms with Gasteiger partial charge >= 0.3 is 0 Å². The maximum Gasteiger partial charge on any atom is 0.254 e. The predicted molar refractivity (Wildman–Crippen MR) is 104 cm³/mol. The summed E-state index contributed by atoms with van der Waals surface area (Å²) >= 11 is 6.21. The third-order valence-electron chi connectivity index (χ3n) is 4.47. The lowest BCUT2D eigenvalue weighted by atomic mass is 10.1. The molecule has 0 spiro atoms. The van der Waals surface area contributed by atoms with E-state index >= 15 is 0 Å². The second-order valence-corrected chi connectivity index (χ2v) is 6.44. The molecular formula is C20H23ClN2O3. The zero-order valence-corrected chi connectivity index (χ0v) is 15.8. The first-order valence-electron chi connectivity index (χ1n) is 8.73. The van der Waals surface area contributed by atoms with Gasteiger partial charge in [0.2, 0.25) is 0 Å². The van der Waals surface area contributed by atoms with E-state index in [-0.39, 0.29) is 5.91 Å². The summed E-state index contributed by atoms with van der Waals surface area (Å²) in [7, 11) is 1.67. The smallest absolute Gasteiger partial charge is 0.254 e. The lowest BCUT2D eigenvalue weighted by Gasteiger charge is -2.36. The Morgan fingerprint density at radius 2 is 1.81 bits per heavy atom. The van der Waals surface area contributed by atoms with E-state index in [1.165, 1.54) is 0 Å². The number of nitrogens with zero attached hydrogens (tertiary/aromatic N) is 2. The average Bonchev–Trinajstić information content (AvgIpc) is 2.69. The SMILES string of the molecule is CCOc1ccc(C(=O)N2CCN(c3ccccc3OC)CC2)cc1Cl. The van der Waals surface area contributed by atoms with Gasteiger partial charge in [-0.1, -0.05) is 23.7 Å². The first-order chi connectivity index (χ1) is 12.6. The molecule has 0 atom stereocenters. The van der Waals surface area contributed by atoms with Crippen LogP contribution in [0.4, 0.5) is 5.69 Å². The molecule has 3 rings (SSSR count). The molecule has 0 bridgehead atoms. The van der Waals surface area contributed by atoms with Crippen LogP contribution in [0, 0.1) is 0 Å². The number of anilines is 1. The number of hydrogen-bond acceptors (Lipinski definition) is 4. The van der Waals surface area contributed by atoms with Gasteiger partial charge < -0.3 is 19.3 Å². The van der Waals surface area contributed by atoms with Crippen LogP contribution in [-0.2, 0) is 0 Å². The fourth-order valence-electron chi connectivity index (χ4n) is 3.13. The second-order valence-electron chi connectivity index (χ2n) is 6.03. The van der Waals surface area contributed by atoms with Gasteiger partial charge in [0, 0.05) is 31.7 Å². The minimum absolute atomic E-state index is 0.00498. The second kappa shape index (κ2) is 8.32. The zero-order chi connectivity index (χ0) is 18.5. The van der Waals surface area contributed by atoms with Gasteiger partial charge in [-0.05, 0) is 37.3 Å². The van der Waals surface area contributed by atoms with Crippen molar-refractivity contribution in [2.45, 2.75) is 6.92 Å². The first-order valence-corrected chi connectivity index (χ1v) is 9.11. The number of methoxy groups -OCH3 is 1. The van der Waals surface area contributed by atoms with Crippen molar-refractivity contribution in [2.75, 3.05) is 44.8 Å². The molecule has 1 saturated heterocycles. The number of amides is 1. The molecule has 6 heteroatoms. The van der Waals surface area contributed by atoms with Crippen LogP contribution in [0.2, 0.25) is 5.02 Å². The molecule has 1 aliphatic heterocycles. The van der Waals surface area contributed by atoms with Crippen LogP contribution in [0.3, 0.4) is 0 Å². The van der Waals surface area contributed by atoms with Gasteiger partial charge in [0.25, 0.3) is 5.91 Å². The molecule has 1 amide bonds. The number of piperazine rings is 1. The number of ether oxygens (including phenoxy) is 2. The molecule has 0 aromatic heterocycles. The number of para-hydroxylation sites is 2. The van der Waals surface area contributed by atoms with Crippen LogP contribution >= 0.6 is 11.6 Å². The Kier molecular flexibility index (Phi) is 5.89. The fourth-order valence-corrected chi connectivity index (χ4v) is 3.37. The molecule has 0 aliphatic carbocycles. The maximum atomic E-state index is 12.8. The van der Waals surface area contributed by atoms with Crippen molar-refractivity contribution in [1.29, 1.82) is 0 Å². The van der Waals surface area contributed by atoms with Crippen LogP contribution in [0.5, 0.6) is 11.5 Å². The van der Waals surface area contributed by atoms with E-state index in [1.54, 1.807) is 25.3 Å². The molecule has 0 N–H and O–H groups in total. The van der Waals surface area contributed by atoms with Gasteiger partial charge in [-0.3, -0.25) is 4.79 Å². The van der Waals surface area contributed by atoms with Crippen molar-refractivity contribution in [3.8, 4) is 11.5 Å². The van der Waals surface area contributed by atoms with E-state index in [0.29, 0.717) is 36.0 Å². The van der Waals surface area contributed by atoms with E-state index in [4.69, 9.17) is 21.1 Å². The Morgan fingerprint density at radius 1 is 1.08 bits per heavy atom. The van der Waals surface area contributed by atoms with E-state index < -0.39 is 0 Å². The first kappa shape index (κ1) is 18.4. The summed E-state index contributed by atoms with van der Waals surface area (Å²) in [5.41, 5.74) is 1.65. The third kappa shape index (κ3) is 3.88. The summed E-state index contributed by atoms with van der Waals surface area (Å²) < 4.78 is 10.9. The summed E-state index contributed by atoms with van der Waals surface area (Å²) in [5.74, 6) is 1.45. The van der Waals surface area contributed by atoms with Crippen LogP contribution in [0.25, 0.3) is 0 Å². The van der Waals surface area contributed by atoms with Crippen LogP contribution < -0.4 is 14.4 Å². The molecule has 5 nitrogen and oxygen atoms in total. The Labute approximate surface area is 159 Å². The molecule has 26 heavy (non-hydrogen) atoms. The molecule has 1 aliphatic rings. The lowest BCUT2D eigenvalue weighted by Crippen LogP contribution is -2.48. The van der Waals surface area contributed by atoms with Gasteiger partial charge in [-0.2, -0.15) is 0 Å². The maximum absolute atomic E-state index is 12.8. The molecule has 2 aromatic carbocycles. The normalized spacial score (nSPS) is 14.3. The number of rotatable bonds is 5. The van der Waals surface area contributed by atoms with Crippen LogP contribution in [0.15, 0.2) is 42.5 Å². The summed E-state index contributed by atoms with van der Waals surface area (Å²) in [6.45, 7) is 5.27. The molecule has 0 unspecified atom stereocenters. The monoisotopic (exact) mass is 374 g/mol. The van der Waals surface area contributed by atoms with E-state index in [9.17, 15) is 4.79 Å². The molecule has 2 aromatic rings. The summed E-state index contributed by atoms with van der Waals surface area (Å²) in [4.78, 5) is 16.9. The topological polar surface area (TPSA) is 42.0 Å². The number of halogens is 1. The Morgan fingerprint density at radius 3 is 2.46 bits per heavy atom. The van der Waals surface area contributed by atoms with Gasteiger partial charge in [-0.25, -0.2) is 0 Å². The largest absolute Gasteiger partial charge is 0.495 e. The van der Waals surface area contributed by atoms with Crippen molar-refractivity contribution in [1.82, 2.24) is 4.90 Å². The van der Waals surface area contributed by atoms with Crippen molar-refractivity contribution >= 4 is 23.2 Å². The number of benzene rings is 2. The minimum Gasteiger partial charge on any atom is -0.495 e. The van der Waals surface area contributed by atoms with Crippen molar-refractivity contribution in [3.63, 3.8) is 0 Å². The summed E-state index contributed by atoms with van der Waals surface area (Å²) in [6.07, 6.45) is 0. The van der Waals surface area contributed by atoms with E-state index in [2.05, 4.69) is 4.90 Å². The number of hydrogen-bond donors (Lipinski definition) is 0. The molecule has 1 heterocycles. The number of carbonyl (C=O) groups excluding carboxylic acids is 1. The van der Waals surface area contributed by atoms with E-state index in [1.807, 2.05) is 36.1 Å². The average molecular weight is 375 g/mol. The zero-order valence-electron chi connectivity index (χ0n) is 15.1. The Hall–Kier alpha value is -2.40. The highest BCUT2D eigenvalue weighted by atomic mass is 35.5. The van der Waals surface area contributed by atoms with Crippen molar-refractivity contribution < 1.29 is 14.3 Å². The summed E-state index contributed by atoms with van der Waals surface area (Å²) in [6, 6.07) is 13.2. The van der Waals surface area contributed by atoms with Crippen LogP contribution in [-0.4, -0.2) is 50.7 Å². The van der Waals surface area contributed by atoms with Gasteiger partial charge in [-0.15, -0.1) is 0 Å². The van der Waals surface area contributed by atoms with Gasteiger partial charge in [0.05, 0.1) is 24.4 Å². The van der Waals surface area contributed by atoms with E-state index in [0.717, 1.165) is 24.5 Å². The number of carbonyl (C=O) groups is 1. The Balaban J connectivity index is 1.66. The highest BCUT2D eigenvalue weighted by Gasteiger charge is 2.24. The van der Waals surface area contributed by atoms with Crippen molar-refractivity contribution in [3.05, 3.63) is 53.1 Å². The quantitative estimate of drug-likeness (QED) is 0.800.